The highest BCUT2D eigenvalue weighted by Crippen LogP contribution is 2.30. The Morgan fingerprint density at radius 1 is 1.43 bits per heavy atom. The lowest BCUT2D eigenvalue weighted by molar-refractivity contribution is -0.669. The van der Waals surface area contributed by atoms with E-state index in [0.29, 0.717) is 18.7 Å². The van der Waals surface area contributed by atoms with Crippen molar-refractivity contribution in [3.63, 3.8) is 0 Å². The van der Waals surface area contributed by atoms with Crippen LogP contribution in [0.3, 0.4) is 0 Å². The number of nitrogens with two attached hydrogens (primary N) is 1. The number of benzene rings is 1. The number of hydrogen-bond acceptors (Lipinski definition) is 4. The fraction of sp³-hybridized carbons (Fsp3) is 0.588. The largest absolute Gasteiger partial charge is 1.00 e. The lowest BCUT2D eigenvalue weighted by atomic mass is 9.95. The number of aliphatic hydroxyl groups excluding tert-OH is 1. The van der Waals surface area contributed by atoms with E-state index < -0.39 is 6.10 Å². The van der Waals surface area contributed by atoms with Gasteiger partial charge in [-0.25, -0.2) is 4.79 Å². The predicted molar refractivity (Wildman–Crippen MR) is 80.4 cm³/mol. The number of esters is 1. The molecule has 4 rings (SSSR count). The lowest BCUT2D eigenvalue weighted by Gasteiger charge is -2.22. The van der Waals surface area contributed by atoms with Gasteiger partial charge in [-0.1, -0.05) is 6.07 Å². The fourth-order valence-corrected chi connectivity index (χ4v) is 4.31. The second-order valence-corrected chi connectivity index (χ2v) is 6.85. The van der Waals surface area contributed by atoms with Gasteiger partial charge in [0.25, 0.3) is 0 Å². The van der Waals surface area contributed by atoms with Crippen molar-refractivity contribution in [3.05, 3.63) is 34.4 Å². The number of quaternary nitrogens is 1. The quantitative estimate of drug-likeness (QED) is 0.576. The highest BCUT2D eigenvalue weighted by Gasteiger charge is 2.40. The second-order valence-electron chi connectivity index (χ2n) is 6.85. The van der Waals surface area contributed by atoms with Crippen LogP contribution in [0.5, 0.6) is 0 Å². The Bertz CT molecular complexity index is 610. The average molecular weight is 339 g/mol. The first-order valence-corrected chi connectivity index (χ1v) is 8.16. The number of likely N-dealkylation sites (tertiary alicyclic amines) is 1. The number of hydrogen-bond donors (Lipinski definition) is 2. The monoisotopic (exact) mass is 338 g/mol. The molecule has 1 aromatic carbocycles. The number of fused-ring (bicyclic) bond motifs is 2. The first kappa shape index (κ1) is 16.7. The molecule has 5 nitrogen and oxygen atoms in total. The summed E-state index contributed by atoms with van der Waals surface area (Å²) >= 11 is 0. The molecule has 2 fully saturated rings. The van der Waals surface area contributed by atoms with Crippen LogP contribution in [0.1, 0.15) is 39.6 Å². The number of carbonyl (C=O) groups is 1. The van der Waals surface area contributed by atoms with E-state index in [2.05, 4.69) is 10.2 Å². The van der Waals surface area contributed by atoms with E-state index in [-0.39, 0.29) is 18.4 Å². The zero-order valence-electron chi connectivity index (χ0n) is 13.3. The number of nitrogens with zero attached hydrogens (tertiary/aromatic N) is 1. The van der Waals surface area contributed by atoms with Crippen molar-refractivity contribution in [3.8, 4) is 0 Å². The van der Waals surface area contributed by atoms with Gasteiger partial charge < -0.3 is 27.6 Å². The van der Waals surface area contributed by atoms with E-state index in [4.69, 9.17) is 4.74 Å². The van der Waals surface area contributed by atoms with Crippen LogP contribution in [-0.2, 0) is 11.3 Å². The van der Waals surface area contributed by atoms with Crippen molar-refractivity contribution >= 4 is 5.97 Å². The third kappa shape index (κ3) is 2.87. The zero-order chi connectivity index (χ0) is 15.3. The van der Waals surface area contributed by atoms with Crippen molar-refractivity contribution in [1.29, 1.82) is 0 Å². The Hall–Kier alpha value is -1.14. The topological polar surface area (TPSA) is 66.4 Å². The van der Waals surface area contributed by atoms with Gasteiger partial charge in [0.1, 0.15) is 12.6 Å². The number of ether oxygens (including phenoxy) is 1. The number of rotatable bonds is 3. The van der Waals surface area contributed by atoms with Crippen LogP contribution < -0.4 is 17.7 Å². The Morgan fingerprint density at radius 2 is 2.26 bits per heavy atom. The van der Waals surface area contributed by atoms with Gasteiger partial charge in [-0.05, 0) is 24.1 Å². The minimum atomic E-state index is -0.500. The smallest absolute Gasteiger partial charge is 0.338 e. The van der Waals surface area contributed by atoms with E-state index in [1.165, 1.54) is 13.0 Å². The zero-order valence-corrected chi connectivity index (χ0v) is 14.1. The molecule has 1 aromatic rings. The van der Waals surface area contributed by atoms with Crippen molar-refractivity contribution < 1.29 is 32.4 Å². The Labute approximate surface area is 142 Å². The number of carbonyl (C=O) groups excluding carboxylic acids is 1. The molecule has 0 aliphatic carbocycles. The fourth-order valence-electron chi connectivity index (χ4n) is 4.31. The summed E-state index contributed by atoms with van der Waals surface area (Å²) < 4.78 is 5.09. The number of β-amino-alcohol motifs (C(OH)–C–C–N with tert-alkyl or cyclic N) is 1. The Balaban J connectivity index is 0.00000156. The Kier molecular flexibility index (Phi) is 4.65. The van der Waals surface area contributed by atoms with Gasteiger partial charge in [-0.15, -0.1) is 0 Å². The first-order valence-electron chi connectivity index (χ1n) is 8.16. The SMILES string of the molecule is Cc1c([C@@H](O)CN2CC3CC[NH2+]C3C2)ccc2c1COC2=O.[Cl-]. The van der Waals surface area contributed by atoms with Crippen LogP contribution in [0.4, 0.5) is 0 Å². The van der Waals surface area contributed by atoms with Crippen molar-refractivity contribution in [2.45, 2.75) is 32.1 Å². The number of halogens is 1. The molecule has 3 aliphatic heterocycles. The molecule has 3 N–H and O–H groups in total. The molecule has 126 valence electrons. The van der Waals surface area contributed by atoms with E-state index in [1.807, 2.05) is 13.0 Å². The normalized spacial score (nSPS) is 27.3. The second kappa shape index (κ2) is 6.40. The minimum Gasteiger partial charge on any atom is -1.00 e. The molecule has 2 saturated heterocycles. The third-order valence-electron chi connectivity index (χ3n) is 5.57. The van der Waals surface area contributed by atoms with Crippen LogP contribution in [0.15, 0.2) is 12.1 Å². The molecule has 0 spiro atoms. The summed E-state index contributed by atoms with van der Waals surface area (Å²) in [6.45, 7) is 6.42. The molecule has 0 aromatic heterocycles. The molecule has 6 heteroatoms. The van der Waals surface area contributed by atoms with Crippen molar-refractivity contribution in [2.75, 3.05) is 26.2 Å². The summed E-state index contributed by atoms with van der Waals surface area (Å²) in [4.78, 5) is 14.0. The van der Waals surface area contributed by atoms with Gasteiger partial charge in [-0.2, -0.15) is 0 Å². The third-order valence-corrected chi connectivity index (χ3v) is 5.57. The summed E-state index contributed by atoms with van der Waals surface area (Å²) in [5, 5.41) is 13.1. The highest BCUT2D eigenvalue weighted by molar-refractivity contribution is 5.93. The van der Waals surface area contributed by atoms with Crippen LogP contribution in [0, 0.1) is 12.8 Å². The van der Waals surface area contributed by atoms with E-state index in [9.17, 15) is 9.90 Å². The molecular weight excluding hydrogens is 316 g/mol. The molecule has 0 bridgehead atoms. The molecule has 3 aliphatic rings. The predicted octanol–water partition coefficient (Wildman–Crippen LogP) is -3.03. The molecule has 3 heterocycles. The average Bonchev–Trinajstić information content (AvgIpc) is 3.15. The van der Waals surface area contributed by atoms with Crippen LogP contribution in [-0.4, -0.2) is 48.2 Å². The minimum absolute atomic E-state index is 0. The molecule has 0 radical (unpaired) electrons. The van der Waals surface area contributed by atoms with E-state index >= 15 is 0 Å². The summed E-state index contributed by atoms with van der Waals surface area (Å²) in [5.74, 6) is 0.543. The maximum absolute atomic E-state index is 11.6. The molecule has 2 unspecified atom stereocenters. The number of cyclic esters (lactones) is 1. The van der Waals surface area contributed by atoms with Gasteiger partial charge in [0.05, 0.1) is 24.8 Å². The summed E-state index contributed by atoms with van der Waals surface area (Å²) in [5.41, 5.74) is 3.52. The van der Waals surface area contributed by atoms with Crippen LogP contribution in [0.25, 0.3) is 0 Å². The van der Waals surface area contributed by atoms with Crippen LogP contribution in [0.2, 0.25) is 0 Å². The van der Waals surface area contributed by atoms with E-state index in [1.54, 1.807) is 6.07 Å². The van der Waals surface area contributed by atoms with Gasteiger partial charge in [0.2, 0.25) is 0 Å². The summed E-state index contributed by atoms with van der Waals surface area (Å²) in [6, 6.07) is 4.40. The Morgan fingerprint density at radius 3 is 3.04 bits per heavy atom. The summed E-state index contributed by atoms with van der Waals surface area (Å²) in [6.07, 6.45) is 0.800. The molecule has 0 saturated carbocycles. The number of aliphatic hydroxyl groups is 1. The van der Waals surface area contributed by atoms with Crippen LogP contribution >= 0.6 is 0 Å². The van der Waals surface area contributed by atoms with Crippen molar-refractivity contribution in [2.24, 2.45) is 5.92 Å². The standard InChI is InChI=1S/C17H22N2O3.ClH/c1-10-12(2-3-13-14(10)9-22-17(13)21)16(20)8-19-6-11-4-5-18-15(11)7-19;/h2-3,11,15-16,18,20H,4-9H2,1H3;1H/t11?,15?,16-;/m0./s1. The highest BCUT2D eigenvalue weighted by atomic mass is 35.5. The lowest BCUT2D eigenvalue weighted by Crippen LogP contribution is -3.00. The molecule has 3 atom stereocenters. The molecule has 0 amide bonds. The van der Waals surface area contributed by atoms with E-state index in [0.717, 1.165) is 41.7 Å². The summed E-state index contributed by atoms with van der Waals surface area (Å²) in [7, 11) is 0. The van der Waals surface area contributed by atoms with Gasteiger partial charge >= 0.3 is 5.97 Å². The maximum Gasteiger partial charge on any atom is 0.338 e. The van der Waals surface area contributed by atoms with Gasteiger partial charge in [-0.3, -0.25) is 4.90 Å². The molecule has 23 heavy (non-hydrogen) atoms. The first-order chi connectivity index (χ1) is 10.6. The maximum atomic E-state index is 11.6. The molecular formula is C17H23ClN2O3. The van der Waals surface area contributed by atoms with Gasteiger partial charge in [0, 0.05) is 31.0 Å². The van der Waals surface area contributed by atoms with Crippen molar-refractivity contribution in [1.82, 2.24) is 4.90 Å². The van der Waals surface area contributed by atoms with Gasteiger partial charge in [0.15, 0.2) is 0 Å².